The van der Waals surface area contributed by atoms with Crippen molar-refractivity contribution in [1.82, 2.24) is 15.6 Å². The second-order valence-electron chi connectivity index (χ2n) is 6.71. The molecule has 2 aromatic carbocycles. The number of rotatable bonds is 7. The summed E-state index contributed by atoms with van der Waals surface area (Å²) in [6.07, 6.45) is 1.64. The summed E-state index contributed by atoms with van der Waals surface area (Å²) < 4.78 is 10.6. The Kier molecular flexibility index (Phi) is 9.51. The Hall–Kier alpha value is -2.88. The third-order valence-electron chi connectivity index (χ3n) is 4.44. The van der Waals surface area contributed by atoms with Crippen molar-refractivity contribution in [3.63, 3.8) is 0 Å². The first kappa shape index (κ1) is 24.4. The van der Waals surface area contributed by atoms with Gasteiger partial charge in [0.2, 0.25) is 5.89 Å². The molecular weight excluding hydrogens is 507 g/mol. The summed E-state index contributed by atoms with van der Waals surface area (Å²) in [5, 5.41) is 6.46. The number of aliphatic imine (C=N–C) groups is 1. The maximum Gasteiger partial charge on any atom is 0.338 e. The van der Waals surface area contributed by atoms with Crippen LogP contribution in [0.5, 0.6) is 0 Å². The fourth-order valence-corrected chi connectivity index (χ4v) is 2.77. The zero-order valence-electron chi connectivity index (χ0n) is 17.8. The predicted octanol–water partition coefficient (Wildman–Crippen LogP) is 4.31. The molecule has 1 heterocycles. The smallest absolute Gasteiger partial charge is 0.338 e. The number of aromatic nitrogens is 1. The molecule has 0 radical (unpaired) electrons. The highest BCUT2D eigenvalue weighted by Gasteiger charge is 2.08. The number of carbonyl (C=O) groups excluding carboxylic acids is 1. The first-order chi connectivity index (χ1) is 14.6. The predicted molar refractivity (Wildman–Crippen MR) is 132 cm³/mol. The van der Waals surface area contributed by atoms with Gasteiger partial charge in [0.05, 0.1) is 24.4 Å². The molecule has 0 aliphatic heterocycles. The number of hydrogen-bond donors (Lipinski definition) is 2. The second kappa shape index (κ2) is 12.1. The highest BCUT2D eigenvalue weighted by Crippen LogP contribution is 2.19. The van der Waals surface area contributed by atoms with Crippen molar-refractivity contribution in [3.05, 3.63) is 77.2 Å². The Labute approximate surface area is 199 Å². The zero-order chi connectivity index (χ0) is 21.3. The van der Waals surface area contributed by atoms with Crippen molar-refractivity contribution in [1.29, 1.82) is 0 Å². The van der Waals surface area contributed by atoms with Gasteiger partial charge in [-0.1, -0.05) is 29.8 Å². The van der Waals surface area contributed by atoms with Gasteiger partial charge in [-0.3, -0.25) is 4.99 Å². The maximum atomic E-state index is 11.7. The molecule has 1 aromatic heterocycles. The van der Waals surface area contributed by atoms with Crippen LogP contribution in [0.15, 0.2) is 64.2 Å². The molecule has 0 amide bonds. The lowest BCUT2D eigenvalue weighted by atomic mass is 10.1. The fourth-order valence-electron chi connectivity index (χ4n) is 2.77. The van der Waals surface area contributed by atoms with Crippen LogP contribution in [0.25, 0.3) is 11.5 Å². The Morgan fingerprint density at radius 3 is 2.39 bits per heavy atom. The number of hydrogen-bond acceptors (Lipinski definition) is 5. The molecule has 0 saturated carbocycles. The normalized spacial score (nSPS) is 10.9. The average molecular weight is 534 g/mol. The van der Waals surface area contributed by atoms with E-state index in [1.54, 1.807) is 32.4 Å². The molecule has 7 nitrogen and oxygen atoms in total. The van der Waals surface area contributed by atoms with E-state index in [0.717, 1.165) is 16.8 Å². The molecule has 164 valence electrons. The number of esters is 1. The quantitative estimate of drug-likeness (QED) is 0.203. The van der Waals surface area contributed by atoms with Gasteiger partial charge in [0.1, 0.15) is 6.26 Å². The number of nitrogens with zero attached hydrogens (tertiary/aromatic N) is 2. The molecule has 0 aliphatic carbocycles. The lowest BCUT2D eigenvalue weighted by Gasteiger charge is -2.11. The standard InChI is InChI=1S/C23H26N4O3.HI/c1-4-29-22(28)19-11-7-17(8-12-19)13-25-23(24-3)26-14-20-15-30-21(27-20)18-9-5-16(2)6-10-18;/h5-12,15H,4,13-14H2,1-3H3,(H2,24,25,26);1H. The molecule has 2 N–H and O–H groups in total. The van der Waals surface area contributed by atoms with Crippen molar-refractivity contribution in [2.24, 2.45) is 4.99 Å². The van der Waals surface area contributed by atoms with Gasteiger partial charge < -0.3 is 19.8 Å². The highest BCUT2D eigenvalue weighted by molar-refractivity contribution is 14.0. The molecule has 0 bridgehead atoms. The number of aryl methyl sites for hydroxylation is 1. The van der Waals surface area contributed by atoms with Gasteiger partial charge in [0, 0.05) is 19.2 Å². The van der Waals surface area contributed by atoms with Gasteiger partial charge in [-0.05, 0) is 43.7 Å². The minimum absolute atomic E-state index is 0. The largest absolute Gasteiger partial charge is 0.462 e. The highest BCUT2D eigenvalue weighted by atomic mass is 127. The summed E-state index contributed by atoms with van der Waals surface area (Å²) in [5.74, 6) is 0.924. The van der Waals surface area contributed by atoms with Crippen LogP contribution < -0.4 is 10.6 Å². The van der Waals surface area contributed by atoms with Crippen molar-refractivity contribution in [3.8, 4) is 11.5 Å². The molecule has 0 spiro atoms. The molecule has 3 aromatic rings. The summed E-state index contributed by atoms with van der Waals surface area (Å²) in [6, 6.07) is 15.3. The van der Waals surface area contributed by atoms with Crippen LogP contribution >= 0.6 is 24.0 Å². The van der Waals surface area contributed by atoms with E-state index in [1.807, 2.05) is 43.3 Å². The Bertz CT molecular complexity index is 998. The number of oxazole rings is 1. The molecule has 0 fully saturated rings. The van der Waals surface area contributed by atoms with Crippen molar-refractivity contribution in [2.45, 2.75) is 26.9 Å². The summed E-state index contributed by atoms with van der Waals surface area (Å²) in [7, 11) is 1.71. The van der Waals surface area contributed by atoms with Crippen LogP contribution in [-0.2, 0) is 17.8 Å². The van der Waals surface area contributed by atoms with Gasteiger partial charge in [-0.25, -0.2) is 9.78 Å². The summed E-state index contributed by atoms with van der Waals surface area (Å²) in [5.41, 5.74) is 4.48. The maximum absolute atomic E-state index is 11.7. The minimum Gasteiger partial charge on any atom is -0.462 e. The van der Waals surface area contributed by atoms with E-state index in [0.29, 0.717) is 37.1 Å². The van der Waals surface area contributed by atoms with E-state index in [4.69, 9.17) is 9.15 Å². The van der Waals surface area contributed by atoms with Crippen molar-refractivity contribution >= 4 is 35.9 Å². The molecule has 0 saturated heterocycles. The van der Waals surface area contributed by atoms with Gasteiger partial charge >= 0.3 is 5.97 Å². The summed E-state index contributed by atoms with van der Waals surface area (Å²) >= 11 is 0. The molecule has 0 atom stereocenters. The van der Waals surface area contributed by atoms with Crippen LogP contribution in [0.3, 0.4) is 0 Å². The first-order valence-corrected chi connectivity index (χ1v) is 9.81. The van der Waals surface area contributed by atoms with E-state index in [1.165, 1.54) is 5.56 Å². The number of benzene rings is 2. The molecule has 8 heteroatoms. The molecule has 0 unspecified atom stereocenters. The van der Waals surface area contributed by atoms with Gasteiger partial charge in [0.25, 0.3) is 0 Å². The number of nitrogens with one attached hydrogen (secondary N) is 2. The third kappa shape index (κ3) is 7.09. The topological polar surface area (TPSA) is 88.8 Å². The monoisotopic (exact) mass is 534 g/mol. The average Bonchev–Trinajstić information content (AvgIpc) is 3.24. The SMILES string of the molecule is CCOC(=O)c1ccc(CNC(=NC)NCc2coc(-c3ccc(C)cc3)n2)cc1.I. The third-order valence-corrected chi connectivity index (χ3v) is 4.44. The van der Waals surface area contributed by atoms with Crippen LogP contribution in [-0.4, -0.2) is 30.6 Å². The number of halogens is 1. The molecule has 31 heavy (non-hydrogen) atoms. The number of guanidine groups is 1. The zero-order valence-corrected chi connectivity index (χ0v) is 20.2. The van der Waals surface area contributed by atoms with Crippen LogP contribution in [0.1, 0.15) is 34.1 Å². The lowest BCUT2D eigenvalue weighted by Crippen LogP contribution is -2.36. The van der Waals surface area contributed by atoms with Gasteiger partial charge in [-0.15, -0.1) is 24.0 Å². The van der Waals surface area contributed by atoms with Crippen LogP contribution in [0.4, 0.5) is 0 Å². The van der Waals surface area contributed by atoms with Crippen molar-refractivity contribution < 1.29 is 13.9 Å². The van der Waals surface area contributed by atoms with Crippen LogP contribution in [0.2, 0.25) is 0 Å². The molecular formula is C23H27IN4O3. The summed E-state index contributed by atoms with van der Waals surface area (Å²) in [4.78, 5) is 20.5. The van der Waals surface area contributed by atoms with E-state index in [2.05, 4.69) is 20.6 Å². The van der Waals surface area contributed by atoms with Gasteiger partial charge in [-0.2, -0.15) is 0 Å². The minimum atomic E-state index is -0.313. The fraction of sp³-hybridized carbons (Fsp3) is 0.261. The van der Waals surface area contributed by atoms with E-state index in [-0.39, 0.29) is 29.9 Å². The Morgan fingerprint density at radius 1 is 1.06 bits per heavy atom. The van der Waals surface area contributed by atoms with Gasteiger partial charge in [0.15, 0.2) is 5.96 Å². The van der Waals surface area contributed by atoms with Crippen molar-refractivity contribution in [2.75, 3.05) is 13.7 Å². The second-order valence-corrected chi connectivity index (χ2v) is 6.71. The summed E-state index contributed by atoms with van der Waals surface area (Å²) in [6.45, 7) is 5.24. The Morgan fingerprint density at radius 2 is 1.74 bits per heavy atom. The molecule has 0 aliphatic rings. The first-order valence-electron chi connectivity index (χ1n) is 9.81. The Balaban J connectivity index is 0.00000341. The number of carbonyl (C=O) groups is 1. The lowest BCUT2D eigenvalue weighted by molar-refractivity contribution is 0.0526. The number of ether oxygens (including phenoxy) is 1. The van der Waals surface area contributed by atoms with E-state index >= 15 is 0 Å². The molecule has 3 rings (SSSR count). The van der Waals surface area contributed by atoms with Crippen LogP contribution in [0, 0.1) is 6.92 Å². The van der Waals surface area contributed by atoms with E-state index in [9.17, 15) is 4.79 Å². The van der Waals surface area contributed by atoms with E-state index < -0.39 is 0 Å².